The van der Waals surface area contributed by atoms with Gasteiger partial charge >= 0.3 is 5.97 Å². The van der Waals surface area contributed by atoms with Gasteiger partial charge in [-0.3, -0.25) is 14.9 Å². The first kappa shape index (κ1) is 23.8. The summed E-state index contributed by atoms with van der Waals surface area (Å²) in [6.07, 6.45) is 0.332. The molecule has 11 nitrogen and oxygen atoms in total. The summed E-state index contributed by atoms with van der Waals surface area (Å²) >= 11 is 0. The van der Waals surface area contributed by atoms with Crippen LogP contribution in [0.5, 0.6) is 5.75 Å². The molecule has 0 spiro atoms. The number of esters is 1. The molecule has 1 aliphatic rings. The van der Waals surface area contributed by atoms with Crippen LogP contribution in [0.2, 0.25) is 0 Å². The lowest BCUT2D eigenvalue weighted by molar-refractivity contribution is -0.384. The second-order valence-electron chi connectivity index (χ2n) is 7.66. The average molecular weight is 489 g/mol. The van der Waals surface area contributed by atoms with Crippen LogP contribution in [0.1, 0.15) is 19.2 Å². The van der Waals surface area contributed by atoms with E-state index < -0.39 is 20.9 Å². The van der Waals surface area contributed by atoms with E-state index in [-0.39, 0.29) is 22.8 Å². The molecule has 2 aromatic carbocycles. The van der Waals surface area contributed by atoms with Crippen molar-refractivity contribution in [1.29, 1.82) is 0 Å². The number of aromatic nitrogens is 2. The lowest BCUT2D eigenvalue weighted by atomic mass is 10.3. The topological polar surface area (TPSA) is 134 Å². The molecular formula is C22H24N4O7S. The highest BCUT2D eigenvalue weighted by Crippen LogP contribution is 2.24. The number of fused-ring (bicyclic) bond motifs is 1. The van der Waals surface area contributed by atoms with Crippen LogP contribution in [0.3, 0.4) is 0 Å². The van der Waals surface area contributed by atoms with Gasteiger partial charge in [0, 0.05) is 38.2 Å². The predicted octanol–water partition coefficient (Wildman–Crippen LogP) is 2.52. The molecule has 0 unspecified atom stereocenters. The molecule has 12 heteroatoms. The second kappa shape index (κ2) is 9.87. The molecule has 0 N–H and O–H groups in total. The van der Waals surface area contributed by atoms with Crippen LogP contribution in [0.4, 0.5) is 5.69 Å². The van der Waals surface area contributed by atoms with Gasteiger partial charge < -0.3 is 14.0 Å². The van der Waals surface area contributed by atoms with Crippen LogP contribution in [-0.2, 0) is 32.5 Å². The number of ether oxygens (including phenoxy) is 2. The Kier molecular flexibility index (Phi) is 6.91. The van der Waals surface area contributed by atoms with Crippen molar-refractivity contribution in [3.8, 4) is 5.75 Å². The first-order valence-electron chi connectivity index (χ1n) is 10.8. The van der Waals surface area contributed by atoms with Crippen LogP contribution >= 0.6 is 0 Å². The van der Waals surface area contributed by atoms with Crippen molar-refractivity contribution in [2.24, 2.45) is 0 Å². The number of nitrogens with zero attached hydrogens (tertiary/aromatic N) is 4. The number of nitro benzene ring substituents is 1. The highest BCUT2D eigenvalue weighted by Gasteiger charge is 2.27. The van der Waals surface area contributed by atoms with Gasteiger partial charge in [0.25, 0.3) is 5.69 Å². The molecular weight excluding hydrogens is 464 g/mol. The Hall–Kier alpha value is -3.35. The smallest absolute Gasteiger partial charge is 0.311 e. The summed E-state index contributed by atoms with van der Waals surface area (Å²) in [5, 5.41) is 10.7. The highest BCUT2D eigenvalue weighted by atomic mass is 32.2. The second-order valence-corrected chi connectivity index (χ2v) is 9.60. The fraction of sp³-hybridized carbons (Fsp3) is 0.364. The third-order valence-electron chi connectivity index (χ3n) is 5.55. The molecule has 180 valence electrons. The third-order valence-corrected chi connectivity index (χ3v) is 7.45. The van der Waals surface area contributed by atoms with E-state index in [0.29, 0.717) is 50.6 Å². The Labute approximate surface area is 196 Å². The molecule has 1 saturated heterocycles. The molecule has 0 aliphatic carbocycles. The molecule has 0 amide bonds. The van der Waals surface area contributed by atoms with Crippen LogP contribution in [-0.4, -0.2) is 59.5 Å². The minimum absolute atomic E-state index is 0.0409. The van der Waals surface area contributed by atoms with Crippen molar-refractivity contribution in [2.75, 3.05) is 26.3 Å². The van der Waals surface area contributed by atoms with E-state index in [1.54, 1.807) is 18.2 Å². The van der Waals surface area contributed by atoms with Gasteiger partial charge in [0.1, 0.15) is 11.6 Å². The normalized spacial score (nSPS) is 14.9. The Bertz CT molecular complexity index is 1310. The molecule has 2 heterocycles. The van der Waals surface area contributed by atoms with E-state index >= 15 is 0 Å². The van der Waals surface area contributed by atoms with Gasteiger partial charge in [-0.2, -0.15) is 4.31 Å². The van der Waals surface area contributed by atoms with Crippen molar-refractivity contribution in [1.82, 2.24) is 13.9 Å². The molecule has 3 aromatic rings. The zero-order chi connectivity index (χ0) is 24.3. The Balaban J connectivity index is 1.49. The molecule has 0 bridgehead atoms. The fourth-order valence-corrected chi connectivity index (χ4v) is 5.26. The van der Waals surface area contributed by atoms with Crippen LogP contribution in [0, 0.1) is 10.1 Å². The monoisotopic (exact) mass is 488 g/mol. The lowest BCUT2D eigenvalue weighted by Gasteiger charge is -2.26. The minimum Gasteiger partial charge on any atom is -0.427 e. The quantitative estimate of drug-likeness (QED) is 0.204. The molecule has 0 radical (unpaired) electrons. The van der Waals surface area contributed by atoms with Gasteiger partial charge in [0.2, 0.25) is 10.0 Å². The van der Waals surface area contributed by atoms with Gasteiger partial charge in [-0.1, -0.05) is 0 Å². The van der Waals surface area contributed by atoms with Crippen LogP contribution in [0.15, 0.2) is 47.4 Å². The molecule has 0 saturated carbocycles. The minimum atomic E-state index is -3.64. The van der Waals surface area contributed by atoms with Crippen LogP contribution < -0.4 is 4.74 Å². The van der Waals surface area contributed by atoms with Crippen molar-refractivity contribution in [3.63, 3.8) is 0 Å². The van der Waals surface area contributed by atoms with Crippen molar-refractivity contribution in [3.05, 3.63) is 58.4 Å². The van der Waals surface area contributed by atoms with E-state index in [9.17, 15) is 23.3 Å². The lowest BCUT2D eigenvalue weighted by Crippen LogP contribution is -2.40. The van der Waals surface area contributed by atoms with Crippen molar-refractivity contribution in [2.45, 2.75) is 31.2 Å². The summed E-state index contributed by atoms with van der Waals surface area (Å²) < 4.78 is 39.8. The van der Waals surface area contributed by atoms with E-state index in [4.69, 9.17) is 9.47 Å². The maximum absolute atomic E-state index is 13.0. The summed E-state index contributed by atoms with van der Waals surface area (Å²) in [6, 6.07) is 10.1. The molecule has 1 aromatic heterocycles. The number of benzene rings is 2. The number of hydrogen-bond acceptors (Lipinski definition) is 8. The molecule has 0 atom stereocenters. The maximum Gasteiger partial charge on any atom is 0.311 e. The van der Waals surface area contributed by atoms with E-state index in [1.165, 1.54) is 28.6 Å². The zero-order valence-electron chi connectivity index (χ0n) is 18.5. The van der Waals surface area contributed by atoms with Gasteiger partial charge in [-0.25, -0.2) is 13.4 Å². The summed E-state index contributed by atoms with van der Waals surface area (Å²) in [6.45, 7) is 3.90. The number of aryl methyl sites for hydroxylation is 2. The largest absolute Gasteiger partial charge is 0.427 e. The summed E-state index contributed by atoms with van der Waals surface area (Å²) in [4.78, 5) is 27.3. The average Bonchev–Trinajstić information content (AvgIpc) is 3.20. The number of hydrogen-bond donors (Lipinski definition) is 0. The first-order chi connectivity index (χ1) is 16.3. The Morgan fingerprint density at radius 1 is 1.18 bits per heavy atom. The SMILES string of the molecule is CCn1c(CCC(=O)Oc2ccc([N+](=O)[O-])cc2)nc2cc(S(=O)(=O)N3CCOCC3)ccc21. The molecule has 1 aliphatic heterocycles. The van der Waals surface area contributed by atoms with E-state index in [2.05, 4.69) is 4.98 Å². The number of sulfonamides is 1. The summed E-state index contributed by atoms with van der Waals surface area (Å²) in [7, 11) is -3.64. The standard InChI is InChI=1S/C22H24N4O7S/c1-2-25-20-8-7-18(34(30,31)24-11-13-32-14-12-24)15-19(20)23-21(25)9-10-22(27)33-17-5-3-16(4-6-17)26(28)29/h3-8,15H,2,9-14H2,1H3. The first-order valence-corrected chi connectivity index (χ1v) is 12.3. The number of carbonyl (C=O) groups excluding carboxylic acids is 1. The van der Waals surface area contributed by atoms with E-state index in [0.717, 1.165) is 5.52 Å². The van der Waals surface area contributed by atoms with Crippen molar-refractivity contribution < 1.29 is 27.6 Å². The van der Waals surface area contributed by atoms with Gasteiger partial charge in [0.15, 0.2) is 0 Å². The molecule has 4 rings (SSSR count). The molecule has 34 heavy (non-hydrogen) atoms. The number of carbonyl (C=O) groups is 1. The number of rotatable bonds is 8. The number of non-ortho nitro benzene ring substituents is 1. The zero-order valence-corrected chi connectivity index (χ0v) is 19.4. The number of morpholine rings is 1. The van der Waals surface area contributed by atoms with Gasteiger partial charge in [-0.15, -0.1) is 0 Å². The van der Waals surface area contributed by atoms with Gasteiger partial charge in [0.05, 0.1) is 40.5 Å². The molecule has 1 fully saturated rings. The maximum atomic E-state index is 13.0. The third kappa shape index (κ3) is 4.93. The number of imidazole rings is 1. The Morgan fingerprint density at radius 3 is 2.53 bits per heavy atom. The Morgan fingerprint density at radius 2 is 1.88 bits per heavy atom. The van der Waals surface area contributed by atoms with Crippen molar-refractivity contribution >= 4 is 32.7 Å². The van der Waals surface area contributed by atoms with Gasteiger partial charge in [-0.05, 0) is 37.3 Å². The summed E-state index contributed by atoms with van der Waals surface area (Å²) in [5.41, 5.74) is 1.23. The predicted molar refractivity (Wildman–Crippen MR) is 122 cm³/mol. The highest BCUT2D eigenvalue weighted by molar-refractivity contribution is 7.89. The number of nitro groups is 1. The fourth-order valence-electron chi connectivity index (χ4n) is 3.83. The summed E-state index contributed by atoms with van der Waals surface area (Å²) in [5.74, 6) is 0.357. The van der Waals surface area contributed by atoms with Crippen LogP contribution in [0.25, 0.3) is 11.0 Å². The van der Waals surface area contributed by atoms with E-state index in [1.807, 2.05) is 11.5 Å².